The highest BCUT2D eigenvalue weighted by atomic mass is 32.2. The molecule has 1 aliphatic rings. The van der Waals surface area contributed by atoms with Crippen molar-refractivity contribution >= 4 is 21.7 Å². The highest BCUT2D eigenvalue weighted by Gasteiger charge is 2.33. The molecule has 1 aliphatic heterocycles. The summed E-state index contributed by atoms with van der Waals surface area (Å²) in [7, 11) is -3.09. The van der Waals surface area contributed by atoms with Crippen LogP contribution < -0.4 is 5.84 Å². The zero-order valence-electron chi connectivity index (χ0n) is 8.88. The molecule has 0 aromatic heterocycles. The Balaban J connectivity index is 2.49. The Morgan fingerprint density at radius 2 is 2.12 bits per heavy atom. The van der Waals surface area contributed by atoms with Gasteiger partial charge in [0.2, 0.25) is 0 Å². The normalized spacial score (nSPS) is 22.8. The topological polar surface area (TPSA) is 107 Å². The quantitative estimate of drug-likeness (QED) is 0.281. The Morgan fingerprint density at radius 3 is 2.56 bits per heavy atom. The molecule has 1 unspecified atom stereocenters. The fraction of sp³-hybridized carbons (Fsp3) is 0.750. The Kier molecular flexibility index (Phi) is 3.87. The first-order valence-corrected chi connectivity index (χ1v) is 6.54. The lowest BCUT2D eigenvalue weighted by atomic mass is 10.2. The molecule has 2 N–H and O–H groups in total. The van der Waals surface area contributed by atoms with E-state index in [2.05, 4.69) is 4.74 Å². The molecule has 0 spiro atoms. The van der Waals surface area contributed by atoms with Crippen LogP contribution in [0.15, 0.2) is 0 Å². The smallest absolute Gasteiger partial charge is 0.303 e. The summed E-state index contributed by atoms with van der Waals surface area (Å²) in [5.74, 6) is 4.18. The molecular formula is C8H14N2O5S. The van der Waals surface area contributed by atoms with Crippen molar-refractivity contribution in [2.75, 3.05) is 18.1 Å². The van der Waals surface area contributed by atoms with Crippen molar-refractivity contribution in [2.24, 2.45) is 5.84 Å². The molecule has 92 valence electrons. The first kappa shape index (κ1) is 12.9. The summed E-state index contributed by atoms with van der Waals surface area (Å²) < 4.78 is 26.8. The molecule has 1 atom stereocenters. The summed E-state index contributed by atoms with van der Waals surface area (Å²) in [4.78, 5) is 21.8. The van der Waals surface area contributed by atoms with Crippen LogP contribution in [-0.4, -0.2) is 49.5 Å². The average molecular weight is 250 g/mol. The van der Waals surface area contributed by atoms with E-state index in [1.54, 1.807) is 0 Å². The first-order valence-electron chi connectivity index (χ1n) is 4.72. The van der Waals surface area contributed by atoms with Gasteiger partial charge in [0.05, 0.1) is 17.5 Å². The number of hydrogen-bond acceptors (Lipinski definition) is 6. The molecule has 8 heteroatoms. The van der Waals surface area contributed by atoms with Crippen molar-refractivity contribution in [3.05, 3.63) is 0 Å². The van der Waals surface area contributed by atoms with Crippen molar-refractivity contribution in [2.45, 2.75) is 19.4 Å². The minimum absolute atomic E-state index is 0.0339. The number of nitrogens with zero attached hydrogens (tertiary/aromatic N) is 1. The van der Waals surface area contributed by atoms with Crippen LogP contribution in [0.5, 0.6) is 0 Å². The summed E-state index contributed by atoms with van der Waals surface area (Å²) in [6.07, 6.45) is 0.324. The second kappa shape index (κ2) is 4.79. The summed E-state index contributed by atoms with van der Waals surface area (Å²) in [5, 5.41) is 0.841. The van der Waals surface area contributed by atoms with Crippen LogP contribution in [0.4, 0.5) is 0 Å². The lowest BCUT2D eigenvalue weighted by molar-refractivity contribution is -0.151. The van der Waals surface area contributed by atoms with Crippen molar-refractivity contribution in [3.63, 3.8) is 0 Å². The molecule has 1 fully saturated rings. The lowest BCUT2D eigenvalue weighted by Gasteiger charge is -2.22. The summed E-state index contributed by atoms with van der Waals surface area (Å²) in [6, 6.07) is -0.520. The predicted molar refractivity (Wildman–Crippen MR) is 54.7 cm³/mol. The van der Waals surface area contributed by atoms with E-state index in [0.717, 1.165) is 5.01 Å². The number of esters is 1. The summed E-state index contributed by atoms with van der Waals surface area (Å²) in [5.41, 5.74) is 0. The van der Waals surface area contributed by atoms with E-state index >= 15 is 0 Å². The van der Waals surface area contributed by atoms with Gasteiger partial charge in [0, 0.05) is 6.92 Å². The maximum absolute atomic E-state index is 11.4. The number of sulfone groups is 1. The fourth-order valence-corrected chi connectivity index (χ4v) is 3.15. The maximum atomic E-state index is 11.4. The van der Waals surface area contributed by atoms with Crippen LogP contribution in [0.3, 0.4) is 0 Å². The molecule has 0 aliphatic carbocycles. The molecule has 0 aromatic carbocycles. The SMILES string of the molecule is CC(=O)OCC(=O)N(N)C1CCS(=O)(=O)C1. The fourth-order valence-electron chi connectivity index (χ4n) is 1.44. The van der Waals surface area contributed by atoms with Crippen LogP contribution in [0.25, 0.3) is 0 Å². The molecule has 1 saturated heterocycles. The van der Waals surface area contributed by atoms with E-state index in [1.165, 1.54) is 6.92 Å². The molecular weight excluding hydrogens is 236 g/mol. The van der Waals surface area contributed by atoms with Crippen molar-refractivity contribution in [3.8, 4) is 0 Å². The molecule has 7 nitrogen and oxygen atoms in total. The minimum Gasteiger partial charge on any atom is -0.456 e. The van der Waals surface area contributed by atoms with Gasteiger partial charge in [-0.3, -0.25) is 14.6 Å². The second-order valence-corrected chi connectivity index (χ2v) is 5.87. The van der Waals surface area contributed by atoms with Crippen molar-refractivity contribution < 1.29 is 22.7 Å². The van der Waals surface area contributed by atoms with Crippen molar-refractivity contribution in [1.82, 2.24) is 5.01 Å². The van der Waals surface area contributed by atoms with E-state index in [1.807, 2.05) is 0 Å². The Bertz CT molecular complexity index is 391. The number of rotatable bonds is 3. The van der Waals surface area contributed by atoms with Gasteiger partial charge in [-0.15, -0.1) is 0 Å². The van der Waals surface area contributed by atoms with E-state index in [0.29, 0.717) is 6.42 Å². The van der Waals surface area contributed by atoms with Crippen LogP contribution >= 0.6 is 0 Å². The van der Waals surface area contributed by atoms with Crippen LogP contribution in [0, 0.1) is 0 Å². The largest absolute Gasteiger partial charge is 0.456 e. The Labute approximate surface area is 93.4 Å². The number of nitrogens with two attached hydrogens (primary N) is 1. The van der Waals surface area contributed by atoms with Gasteiger partial charge in [-0.2, -0.15) is 0 Å². The number of amides is 1. The lowest BCUT2D eigenvalue weighted by Crippen LogP contribution is -2.48. The van der Waals surface area contributed by atoms with Crippen LogP contribution in [0.1, 0.15) is 13.3 Å². The predicted octanol–water partition coefficient (Wildman–Crippen LogP) is -1.56. The molecule has 16 heavy (non-hydrogen) atoms. The molecule has 0 radical (unpaired) electrons. The summed E-state index contributed by atoms with van der Waals surface area (Å²) in [6.45, 7) is 0.719. The molecule has 0 saturated carbocycles. The van der Waals surface area contributed by atoms with E-state index in [4.69, 9.17) is 5.84 Å². The van der Waals surface area contributed by atoms with Gasteiger partial charge >= 0.3 is 5.97 Å². The Hall–Kier alpha value is -1.15. The average Bonchev–Trinajstić information content (AvgIpc) is 2.54. The number of hydrogen-bond donors (Lipinski definition) is 1. The van der Waals surface area contributed by atoms with Gasteiger partial charge in [0.15, 0.2) is 16.4 Å². The van der Waals surface area contributed by atoms with E-state index in [9.17, 15) is 18.0 Å². The van der Waals surface area contributed by atoms with Gasteiger partial charge in [-0.25, -0.2) is 14.3 Å². The maximum Gasteiger partial charge on any atom is 0.303 e. The standard InChI is InChI=1S/C8H14N2O5S/c1-6(11)15-4-8(12)10(9)7-2-3-16(13,14)5-7/h7H,2-5,9H2,1H3. The van der Waals surface area contributed by atoms with Crippen molar-refractivity contribution in [1.29, 1.82) is 0 Å². The summed E-state index contributed by atoms with van der Waals surface area (Å²) >= 11 is 0. The first-order chi connectivity index (χ1) is 7.32. The van der Waals surface area contributed by atoms with Crippen LogP contribution in [0.2, 0.25) is 0 Å². The van der Waals surface area contributed by atoms with Gasteiger partial charge in [0.1, 0.15) is 0 Å². The zero-order valence-corrected chi connectivity index (χ0v) is 9.70. The second-order valence-electron chi connectivity index (χ2n) is 3.64. The minimum atomic E-state index is -3.09. The highest BCUT2D eigenvalue weighted by Crippen LogP contribution is 2.15. The van der Waals surface area contributed by atoms with Gasteiger partial charge in [-0.05, 0) is 6.42 Å². The number of ether oxygens (including phenoxy) is 1. The molecule has 1 amide bonds. The molecule has 1 heterocycles. The number of carbonyl (C=O) groups is 2. The molecule has 1 rings (SSSR count). The van der Waals surface area contributed by atoms with Gasteiger partial charge in [-0.1, -0.05) is 0 Å². The molecule has 0 bridgehead atoms. The third-order valence-electron chi connectivity index (χ3n) is 2.29. The highest BCUT2D eigenvalue weighted by molar-refractivity contribution is 7.91. The third kappa shape index (κ3) is 3.46. The van der Waals surface area contributed by atoms with Crippen LogP contribution in [-0.2, 0) is 24.2 Å². The van der Waals surface area contributed by atoms with E-state index in [-0.39, 0.29) is 11.5 Å². The van der Waals surface area contributed by atoms with E-state index < -0.39 is 34.4 Å². The third-order valence-corrected chi connectivity index (χ3v) is 4.04. The number of hydrazine groups is 1. The monoisotopic (exact) mass is 250 g/mol. The Morgan fingerprint density at radius 1 is 1.50 bits per heavy atom. The van der Waals surface area contributed by atoms with Gasteiger partial charge < -0.3 is 4.74 Å². The van der Waals surface area contributed by atoms with Gasteiger partial charge in [0.25, 0.3) is 5.91 Å². The number of carbonyl (C=O) groups excluding carboxylic acids is 2. The molecule has 0 aromatic rings. The zero-order chi connectivity index (χ0) is 12.3.